The molecule has 0 aliphatic heterocycles. The summed E-state index contributed by atoms with van der Waals surface area (Å²) in [6.07, 6.45) is 4.57. The summed E-state index contributed by atoms with van der Waals surface area (Å²) in [5, 5.41) is 5.46. The number of amides is 1. The predicted molar refractivity (Wildman–Crippen MR) is 136 cm³/mol. The fraction of sp³-hybridized carbons (Fsp3) is 0.222. The van der Waals surface area contributed by atoms with Gasteiger partial charge in [0.05, 0.1) is 5.52 Å². The lowest BCUT2D eigenvalue weighted by molar-refractivity contribution is -0.122. The van der Waals surface area contributed by atoms with Crippen LogP contribution in [0.1, 0.15) is 37.4 Å². The minimum Gasteiger partial charge on any atom is -0.439 e. The standard InChI is InChI=1S/C27H25N7O2/c28-25-24-23(33-27(34(24)31-15-30-25)18-9-7-17(8-10-18)26(29)35)19-11-6-16-12-13-22(32-21(16)14-19)36-20-4-2-1-3-5-20/h1-6,11-15,17-18H,7-10H2,(H2,29,35)(H2,28,30,31). The number of nitrogen functional groups attached to an aromatic ring is 1. The molecule has 9 nitrogen and oxygen atoms in total. The van der Waals surface area contributed by atoms with Crippen molar-refractivity contribution < 1.29 is 9.53 Å². The van der Waals surface area contributed by atoms with Crippen molar-refractivity contribution in [3.63, 3.8) is 0 Å². The number of carbonyl (C=O) groups is 1. The highest BCUT2D eigenvalue weighted by Gasteiger charge is 2.30. The fourth-order valence-corrected chi connectivity index (χ4v) is 4.99. The number of pyridine rings is 1. The van der Waals surface area contributed by atoms with Crippen molar-refractivity contribution in [2.75, 3.05) is 5.73 Å². The monoisotopic (exact) mass is 479 g/mol. The Kier molecular flexibility index (Phi) is 5.44. The summed E-state index contributed by atoms with van der Waals surface area (Å²) in [5.74, 6) is 2.26. The van der Waals surface area contributed by atoms with Crippen molar-refractivity contribution >= 4 is 28.1 Å². The molecule has 3 aromatic heterocycles. The SMILES string of the molecule is NC(=O)C1CCC(c2nc(-c3ccc4ccc(Oc5ccccc5)nc4c3)c3c(N)ncnn23)CC1. The second kappa shape index (κ2) is 8.92. The van der Waals surface area contributed by atoms with Gasteiger partial charge in [-0.15, -0.1) is 0 Å². The first-order valence-electron chi connectivity index (χ1n) is 12.0. The summed E-state index contributed by atoms with van der Waals surface area (Å²) in [6.45, 7) is 0. The summed E-state index contributed by atoms with van der Waals surface area (Å²) in [6, 6.07) is 19.4. The van der Waals surface area contributed by atoms with Crippen LogP contribution in [0.25, 0.3) is 27.7 Å². The maximum atomic E-state index is 11.6. The van der Waals surface area contributed by atoms with Crippen LogP contribution in [0.2, 0.25) is 0 Å². The molecule has 6 rings (SSSR count). The average molecular weight is 480 g/mol. The van der Waals surface area contributed by atoms with Gasteiger partial charge in [0, 0.05) is 28.9 Å². The highest BCUT2D eigenvalue weighted by molar-refractivity contribution is 5.90. The summed E-state index contributed by atoms with van der Waals surface area (Å²) >= 11 is 0. The van der Waals surface area contributed by atoms with Crippen molar-refractivity contribution in [2.45, 2.75) is 31.6 Å². The third-order valence-corrected chi connectivity index (χ3v) is 6.89. The van der Waals surface area contributed by atoms with Gasteiger partial charge in [-0.3, -0.25) is 4.79 Å². The number of aromatic nitrogens is 5. The van der Waals surface area contributed by atoms with Gasteiger partial charge in [0.1, 0.15) is 29.1 Å². The van der Waals surface area contributed by atoms with E-state index < -0.39 is 0 Å². The number of nitrogens with zero attached hydrogens (tertiary/aromatic N) is 5. The molecule has 4 N–H and O–H groups in total. The van der Waals surface area contributed by atoms with Crippen LogP contribution in [0.5, 0.6) is 11.6 Å². The largest absolute Gasteiger partial charge is 0.439 e. The molecule has 36 heavy (non-hydrogen) atoms. The van der Waals surface area contributed by atoms with E-state index in [1.807, 2.05) is 60.7 Å². The summed E-state index contributed by atoms with van der Waals surface area (Å²) in [5.41, 5.74) is 14.9. The van der Waals surface area contributed by atoms with E-state index in [0.717, 1.165) is 53.7 Å². The Morgan fingerprint density at radius 2 is 1.75 bits per heavy atom. The number of hydrogen-bond donors (Lipinski definition) is 2. The number of hydrogen-bond acceptors (Lipinski definition) is 7. The van der Waals surface area contributed by atoms with E-state index in [1.165, 1.54) is 6.33 Å². The first kappa shape index (κ1) is 22.0. The molecule has 5 aromatic rings. The maximum absolute atomic E-state index is 11.6. The van der Waals surface area contributed by atoms with Gasteiger partial charge in [-0.05, 0) is 49.9 Å². The molecule has 0 bridgehead atoms. The number of imidazole rings is 1. The number of rotatable bonds is 5. The molecule has 0 saturated heterocycles. The van der Waals surface area contributed by atoms with E-state index in [9.17, 15) is 4.79 Å². The molecule has 0 radical (unpaired) electrons. The Bertz CT molecular complexity index is 1570. The minimum atomic E-state index is -0.229. The Morgan fingerprint density at radius 1 is 0.972 bits per heavy atom. The van der Waals surface area contributed by atoms with E-state index in [0.29, 0.717) is 22.9 Å². The van der Waals surface area contributed by atoms with Crippen molar-refractivity contribution in [2.24, 2.45) is 11.7 Å². The molecule has 1 amide bonds. The smallest absolute Gasteiger partial charge is 0.220 e. The van der Waals surface area contributed by atoms with Gasteiger partial charge >= 0.3 is 0 Å². The summed E-state index contributed by atoms with van der Waals surface area (Å²) in [7, 11) is 0. The summed E-state index contributed by atoms with van der Waals surface area (Å²) < 4.78 is 7.72. The number of benzene rings is 2. The van der Waals surface area contributed by atoms with Crippen LogP contribution in [0.15, 0.2) is 67.0 Å². The van der Waals surface area contributed by atoms with Crippen LogP contribution in [0.4, 0.5) is 5.82 Å². The lowest BCUT2D eigenvalue weighted by atomic mass is 9.81. The average Bonchev–Trinajstić information content (AvgIpc) is 3.30. The molecule has 1 aliphatic carbocycles. The normalized spacial score (nSPS) is 17.9. The van der Waals surface area contributed by atoms with Gasteiger partial charge in [-0.1, -0.05) is 30.3 Å². The van der Waals surface area contributed by atoms with E-state index in [-0.39, 0.29) is 17.7 Å². The fourth-order valence-electron chi connectivity index (χ4n) is 4.99. The zero-order valence-electron chi connectivity index (χ0n) is 19.5. The van der Waals surface area contributed by atoms with Crippen LogP contribution in [-0.4, -0.2) is 30.5 Å². The second-order valence-corrected chi connectivity index (χ2v) is 9.15. The Hall–Kier alpha value is -4.53. The third-order valence-electron chi connectivity index (χ3n) is 6.89. The second-order valence-electron chi connectivity index (χ2n) is 9.15. The van der Waals surface area contributed by atoms with Crippen LogP contribution in [0, 0.1) is 5.92 Å². The maximum Gasteiger partial charge on any atom is 0.220 e. The van der Waals surface area contributed by atoms with Crippen molar-refractivity contribution in [3.05, 3.63) is 72.8 Å². The van der Waals surface area contributed by atoms with Crippen LogP contribution < -0.4 is 16.2 Å². The molecular formula is C27H25N7O2. The molecule has 3 heterocycles. The molecule has 9 heteroatoms. The van der Waals surface area contributed by atoms with Gasteiger partial charge < -0.3 is 16.2 Å². The van der Waals surface area contributed by atoms with Gasteiger partial charge in [0.2, 0.25) is 11.8 Å². The van der Waals surface area contributed by atoms with Crippen molar-refractivity contribution in [1.82, 2.24) is 24.6 Å². The van der Waals surface area contributed by atoms with E-state index in [2.05, 4.69) is 10.1 Å². The van der Waals surface area contributed by atoms with Crippen molar-refractivity contribution in [1.29, 1.82) is 0 Å². The van der Waals surface area contributed by atoms with E-state index >= 15 is 0 Å². The predicted octanol–water partition coefficient (Wildman–Crippen LogP) is 4.47. The Labute approximate surface area is 207 Å². The zero-order chi connectivity index (χ0) is 24.6. The molecule has 0 atom stereocenters. The van der Waals surface area contributed by atoms with Gasteiger partial charge in [0.25, 0.3) is 0 Å². The van der Waals surface area contributed by atoms with Crippen molar-refractivity contribution in [3.8, 4) is 22.9 Å². The number of anilines is 1. The van der Waals surface area contributed by atoms with Crippen LogP contribution in [0.3, 0.4) is 0 Å². The molecule has 1 saturated carbocycles. The lowest BCUT2D eigenvalue weighted by Crippen LogP contribution is -2.27. The molecule has 1 fully saturated rings. The topological polar surface area (TPSA) is 134 Å². The molecule has 0 spiro atoms. The number of primary amides is 1. The van der Waals surface area contributed by atoms with Gasteiger partial charge in [-0.2, -0.15) is 5.10 Å². The number of para-hydroxylation sites is 1. The quantitative estimate of drug-likeness (QED) is 0.380. The highest BCUT2D eigenvalue weighted by atomic mass is 16.5. The van der Waals surface area contributed by atoms with Crippen LogP contribution in [-0.2, 0) is 4.79 Å². The number of ether oxygens (including phenoxy) is 1. The lowest BCUT2D eigenvalue weighted by Gasteiger charge is -2.25. The van der Waals surface area contributed by atoms with E-state index in [4.69, 9.17) is 26.2 Å². The molecule has 1 aliphatic rings. The highest BCUT2D eigenvalue weighted by Crippen LogP contribution is 2.38. The Morgan fingerprint density at radius 3 is 2.53 bits per heavy atom. The number of nitrogens with two attached hydrogens (primary N) is 2. The molecule has 2 aromatic carbocycles. The zero-order valence-corrected chi connectivity index (χ0v) is 19.5. The molecule has 0 unspecified atom stereocenters. The number of carbonyl (C=O) groups excluding carboxylic acids is 1. The molecule has 180 valence electrons. The first-order chi connectivity index (χ1) is 17.6. The summed E-state index contributed by atoms with van der Waals surface area (Å²) in [4.78, 5) is 25.6. The third kappa shape index (κ3) is 3.98. The van der Waals surface area contributed by atoms with Gasteiger partial charge in [0.15, 0.2) is 5.82 Å². The Balaban J connectivity index is 1.40. The first-order valence-corrected chi connectivity index (χ1v) is 12.0. The van der Waals surface area contributed by atoms with E-state index in [1.54, 1.807) is 4.52 Å². The number of fused-ring (bicyclic) bond motifs is 2. The molecular weight excluding hydrogens is 454 g/mol. The minimum absolute atomic E-state index is 0.0782. The van der Waals surface area contributed by atoms with Crippen LogP contribution >= 0.6 is 0 Å². The van der Waals surface area contributed by atoms with Gasteiger partial charge in [-0.25, -0.2) is 19.5 Å².